The molecule has 0 amide bonds. The van der Waals surface area contributed by atoms with Crippen LogP contribution in [0, 0.1) is 0 Å². The van der Waals surface area contributed by atoms with Gasteiger partial charge >= 0.3 is 0 Å². The van der Waals surface area contributed by atoms with E-state index in [1.807, 2.05) is 27.7 Å². The topological polar surface area (TPSA) is 55.4 Å². The standard InChI is InChI=1S/2C10H20O2.C9H18O2/c2*1-7-10(6)11-8(2,3)9(4,5)12-10;1-7(2)8(3,4)11-9(5,6)10-7/h2*7H2,1-6H3;1-6H3. The predicted octanol–water partition coefficient (Wildman–Crippen LogP) is 7.76. The van der Waals surface area contributed by atoms with Crippen LogP contribution in [-0.2, 0) is 28.4 Å². The molecule has 0 unspecified atom stereocenters. The van der Waals surface area contributed by atoms with Crippen molar-refractivity contribution in [3.05, 3.63) is 0 Å². The molecule has 3 aliphatic heterocycles. The molecule has 6 heteroatoms. The van der Waals surface area contributed by atoms with Crippen molar-refractivity contribution in [2.24, 2.45) is 0 Å². The molecule has 3 saturated heterocycles. The fourth-order valence-corrected chi connectivity index (χ4v) is 4.48. The van der Waals surface area contributed by atoms with Crippen LogP contribution in [0.4, 0.5) is 0 Å². The van der Waals surface area contributed by atoms with Crippen LogP contribution in [-0.4, -0.2) is 51.0 Å². The van der Waals surface area contributed by atoms with Gasteiger partial charge in [0, 0.05) is 0 Å². The molecule has 6 nitrogen and oxygen atoms in total. The van der Waals surface area contributed by atoms with Crippen molar-refractivity contribution >= 4 is 0 Å². The largest absolute Gasteiger partial charge is 0.342 e. The molecule has 0 bridgehead atoms. The molecule has 0 aromatic heterocycles. The van der Waals surface area contributed by atoms with E-state index in [9.17, 15) is 0 Å². The minimum atomic E-state index is -0.438. The van der Waals surface area contributed by atoms with E-state index in [-0.39, 0.29) is 33.6 Å². The third-order valence-electron chi connectivity index (χ3n) is 8.52. The second kappa shape index (κ2) is 9.50. The zero-order valence-corrected chi connectivity index (χ0v) is 26.4. The molecule has 210 valence electrons. The van der Waals surface area contributed by atoms with Gasteiger partial charge in [-0.15, -0.1) is 0 Å². The zero-order valence-electron chi connectivity index (χ0n) is 26.4. The average molecular weight is 503 g/mol. The molecular formula is C29H58O6. The summed E-state index contributed by atoms with van der Waals surface area (Å²) >= 11 is 0. The first-order valence-electron chi connectivity index (χ1n) is 13.3. The molecule has 3 fully saturated rings. The summed E-state index contributed by atoms with van der Waals surface area (Å²) in [6, 6.07) is 0. The van der Waals surface area contributed by atoms with Gasteiger partial charge in [-0.2, -0.15) is 0 Å². The highest BCUT2D eigenvalue weighted by Gasteiger charge is 2.55. The molecule has 0 radical (unpaired) electrons. The monoisotopic (exact) mass is 502 g/mol. The SMILES string of the molecule is CC1(C)OC(C)(C)C(C)(C)O1.CCC1(C)OC(C)(C)C(C)(C)O1.CCC1(C)OC(C)(C)C(C)(C)O1. The Kier molecular flexibility index (Phi) is 8.90. The van der Waals surface area contributed by atoms with Gasteiger partial charge in [-0.05, 0) is 124 Å². The maximum absolute atomic E-state index is 5.88. The van der Waals surface area contributed by atoms with Crippen molar-refractivity contribution in [1.29, 1.82) is 0 Å². The van der Waals surface area contributed by atoms with E-state index >= 15 is 0 Å². The molecule has 0 aromatic rings. The molecule has 0 atom stereocenters. The molecule has 3 rings (SSSR count). The summed E-state index contributed by atoms with van der Waals surface area (Å²) in [7, 11) is 0. The van der Waals surface area contributed by atoms with Gasteiger partial charge in [-0.25, -0.2) is 0 Å². The quantitative estimate of drug-likeness (QED) is 0.384. The summed E-state index contributed by atoms with van der Waals surface area (Å²) in [6.45, 7) is 36.9. The summed E-state index contributed by atoms with van der Waals surface area (Å²) < 4.78 is 35.0. The van der Waals surface area contributed by atoms with Crippen molar-refractivity contribution in [3.63, 3.8) is 0 Å². The minimum absolute atomic E-state index is 0.197. The van der Waals surface area contributed by atoms with E-state index in [0.29, 0.717) is 0 Å². The Morgan fingerprint density at radius 3 is 0.571 bits per heavy atom. The summed E-state index contributed by atoms with van der Waals surface area (Å²) in [5.41, 5.74) is -1.18. The first-order chi connectivity index (χ1) is 15.1. The fraction of sp³-hybridized carbons (Fsp3) is 1.00. The van der Waals surface area contributed by atoms with E-state index in [0.717, 1.165) is 12.8 Å². The molecule has 3 aliphatic rings. The molecule has 3 heterocycles. The third-order valence-corrected chi connectivity index (χ3v) is 8.52. The van der Waals surface area contributed by atoms with Crippen LogP contribution in [0.5, 0.6) is 0 Å². The van der Waals surface area contributed by atoms with Crippen LogP contribution in [0.25, 0.3) is 0 Å². The fourth-order valence-electron chi connectivity index (χ4n) is 4.48. The van der Waals surface area contributed by atoms with Crippen molar-refractivity contribution in [2.75, 3.05) is 0 Å². The number of rotatable bonds is 2. The van der Waals surface area contributed by atoms with Gasteiger partial charge in [-0.3, -0.25) is 0 Å². The first kappa shape index (κ1) is 32.8. The lowest BCUT2D eigenvalue weighted by Gasteiger charge is -2.30. The molecule has 0 aromatic carbocycles. The maximum Gasteiger partial charge on any atom is 0.166 e. The highest BCUT2D eigenvalue weighted by molar-refractivity contribution is 4.99. The van der Waals surface area contributed by atoms with Crippen molar-refractivity contribution < 1.29 is 28.4 Å². The summed E-state index contributed by atoms with van der Waals surface area (Å²) in [5.74, 6) is -1.23. The van der Waals surface area contributed by atoms with Gasteiger partial charge in [0.15, 0.2) is 17.4 Å². The second-order valence-electron chi connectivity index (χ2n) is 14.0. The first-order valence-corrected chi connectivity index (χ1v) is 13.3. The number of hydrogen-bond donors (Lipinski definition) is 0. The number of hydrogen-bond acceptors (Lipinski definition) is 6. The van der Waals surface area contributed by atoms with Crippen LogP contribution in [0.2, 0.25) is 0 Å². The second-order valence-corrected chi connectivity index (χ2v) is 14.0. The van der Waals surface area contributed by atoms with E-state index < -0.39 is 17.4 Å². The third kappa shape index (κ3) is 7.20. The highest BCUT2D eigenvalue weighted by Crippen LogP contribution is 2.46. The number of ether oxygens (including phenoxy) is 6. The van der Waals surface area contributed by atoms with Crippen LogP contribution >= 0.6 is 0 Å². The summed E-state index contributed by atoms with van der Waals surface area (Å²) in [6.07, 6.45) is 1.78. The lowest BCUT2D eigenvalue weighted by molar-refractivity contribution is -0.180. The van der Waals surface area contributed by atoms with E-state index in [2.05, 4.69) is 96.9 Å². The zero-order chi connectivity index (χ0) is 28.2. The Labute approximate surface area is 217 Å². The molecule has 0 saturated carbocycles. The normalized spacial score (nSPS) is 31.0. The predicted molar refractivity (Wildman–Crippen MR) is 142 cm³/mol. The van der Waals surface area contributed by atoms with Crippen molar-refractivity contribution in [2.45, 2.75) is 188 Å². The Morgan fingerprint density at radius 2 is 0.486 bits per heavy atom. The summed E-state index contributed by atoms with van der Waals surface area (Å²) in [5, 5.41) is 0. The van der Waals surface area contributed by atoms with E-state index in [1.54, 1.807) is 0 Å². The van der Waals surface area contributed by atoms with Crippen molar-refractivity contribution in [3.8, 4) is 0 Å². The van der Waals surface area contributed by atoms with Crippen LogP contribution < -0.4 is 0 Å². The van der Waals surface area contributed by atoms with Crippen molar-refractivity contribution in [1.82, 2.24) is 0 Å². The lowest BCUT2D eigenvalue weighted by Crippen LogP contribution is -2.41. The van der Waals surface area contributed by atoms with E-state index in [1.165, 1.54) is 0 Å². The Morgan fingerprint density at radius 1 is 0.314 bits per heavy atom. The van der Waals surface area contributed by atoms with Gasteiger partial charge in [-0.1, -0.05) is 13.8 Å². The van der Waals surface area contributed by atoms with Gasteiger partial charge in [0.05, 0.1) is 33.6 Å². The molecular weight excluding hydrogens is 444 g/mol. The summed E-state index contributed by atoms with van der Waals surface area (Å²) in [4.78, 5) is 0. The molecule has 0 aliphatic carbocycles. The average Bonchev–Trinajstić information content (AvgIpc) is 2.94. The minimum Gasteiger partial charge on any atom is -0.342 e. The molecule has 35 heavy (non-hydrogen) atoms. The maximum atomic E-state index is 5.88. The van der Waals surface area contributed by atoms with Crippen LogP contribution in [0.15, 0.2) is 0 Å². The van der Waals surface area contributed by atoms with Crippen LogP contribution in [0.3, 0.4) is 0 Å². The Balaban J connectivity index is 0.000000263. The van der Waals surface area contributed by atoms with Crippen LogP contribution in [0.1, 0.15) is 137 Å². The highest BCUT2D eigenvalue weighted by atomic mass is 16.8. The van der Waals surface area contributed by atoms with E-state index in [4.69, 9.17) is 28.4 Å². The Hall–Kier alpha value is -0.240. The molecule has 0 N–H and O–H groups in total. The van der Waals surface area contributed by atoms with Gasteiger partial charge in [0.2, 0.25) is 0 Å². The lowest BCUT2D eigenvalue weighted by atomic mass is 9.90. The molecule has 0 spiro atoms. The smallest absolute Gasteiger partial charge is 0.166 e. The van der Waals surface area contributed by atoms with Gasteiger partial charge < -0.3 is 28.4 Å². The van der Waals surface area contributed by atoms with Gasteiger partial charge in [0.1, 0.15) is 0 Å². The van der Waals surface area contributed by atoms with Gasteiger partial charge in [0.25, 0.3) is 0 Å². The Bertz CT molecular complexity index is 637.